The third-order valence-corrected chi connectivity index (χ3v) is 7.05. The van der Waals surface area contributed by atoms with Crippen molar-refractivity contribution in [2.45, 2.75) is 45.1 Å². The number of nitrogens with zero attached hydrogens (tertiary/aromatic N) is 5. The molecule has 5 rings (SSSR count). The van der Waals surface area contributed by atoms with Crippen molar-refractivity contribution in [3.63, 3.8) is 0 Å². The molecule has 0 radical (unpaired) electrons. The monoisotopic (exact) mass is 449 g/mol. The maximum atomic E-state index is 12.9. The number of hydrogen-bond acceptors (Lipinski definition) is 6. The number of anilines is 1. The van der Waals surface area contributed by atoms with Crippen LogP contribution in [0.2, 0.25) is 0 Å². The first-order valence-corrected chi connectivity index (χ1v) is 11.8. The van der Waals surface area contributed by atoms with Crippen LogP contribution in [0.25, 0.3) is 0 Å². The second-order valence-electron chi connectivity index (χ2n) is 9.25. The molecule has 0 bridgehead atoms. The number of fused-ring (bicyclic) bond motifs is 1. The topological polar surface area (TPSA) is 78.9 Å². The Morgan fingerprint density at radius 1 is 1.15 bits per heavy atom. The maximum absolute atomic E-state index is 12.9. The average molecular weight is 450 g/mol. The molecule has 0 saturated carbocycles. The predicted octanol–water partition coefficient (Wildman–Crippen LogP) is 2.29. The van der Waals surface area contributed by atoms with Crippen molar-refractivity contribution in [2.24, 2.45) is 0 Å². The molecule has 0 aliphatic carbocycles. The van der Waals surface area contributed by atoms with Crippen molar-refractivity contribution >= 4 is 17.6 Å². The second kappa shape index (κ2) is 9.09. The molecular formula is C25H31N5O3. The summed E-state index contributed by atoms with van der Waals surface area (Å²) in [5.41, 5.74) is 2.74. The van der Waals surface area contributed by atoms with Gasteiger partial charge in [0.15, 0.2) is 0 Å². The normalized spacial score (nSPS) is 20.5. The fourth-order valence-corrected chi connectivity index (χ4v) is 5.01. The minimum Gasteiger partial charge on any atom is -0.496 e. The molecule has 3 aliphatic rings. The summed E-state index contributed by atoms with van der Waals surface area (Å²) in [6.45, 7) is 6.35. The Balaban J connectivity index is 1.36. The minimum absolute atomic E-state index is 0.0378. The highest BCUT2D eigenvalue weighted by Gasteiger charge is 2.34. The van der Waals surface area contributed by atoms with Gasteiger partial charge in [0.1, 0.15) is 17.4 Å². The number of aromatic nitrogens is 2. The highest BCUT2D eigenvalue weighted by atomic mass is 16.5. The Morgan fingerprint density at radius 3 is 2.73 bits per heavy atom. The molecule has 2 amide bonds. The van der Waals surface area contributed by atoms with Gasteiger partial charge in [0.25, 0.3) is 0 Å². The average Bonchev–Trinajstić information content (AvgIpc) is 3.09. The van der Waals surface area contributed by atoms with Crippen molar-refractivity contribution in [1.82, 2.24) is 19.8 Å². The van der Waals surface area contributed by atoms with E-state index in [1.165, 1.54) is 0 Å². The van der Waals surface area contributed by atoms with Crippen LogP contribution in [0.15, 0.2) is 24.3 Å². The molecule has 2 aromatic rings. The van der Waals surface area contributed by atoms with Gasteiger partial charge in [-0.15, -0.1) is 0 Å². The highest BCUT2D eigenvalue weighted by Crippen LogP contribution is 2.34. The molecule has 1 aromatic carbocycles. The summed E-state index contributed by atoms with van der Waals surface area (Å²) in [5, 5.41) is 0. The molecular weight excluding hydrogens is 418 g/mol. The summed E-state index contributed by atoms with van der Waals surface area (Å²) in [6.07, 6.45) is 3.45. The Morgan fingerprint density at radius 2 is 1.97 bits per heavy atom. The van der Waals surface area contributed by atoms with Gasteiger partial charge < -0.3 is 9.64 Å². The van der Waals surface area contributed by atoms with E-state index in [4.69, 9.17) is 14.7 Å². The van der Waals surface area contributed by atoms with Crippen LogP contribution in [0.1, 0.15) is 47.8 Å². The maximum Gasteiger partial charge on any atom is 0.236 e. The quantitative estimate of drug-likeness (QED) is 0.673. The van der Waals surface area contributed by atoms with Crippen molar-refractivity contribution in [1.29, 1.82) is 0 Å². The Kier molecular flexibility index (Phi) is 6.01. The van der Waals surface area contributed by atoms with E-state index in [1.807, 2.05) is 36.1 Å². The van der Waals surface area contributed by atoms with Crippen molar-refractivity contribution < 1.29 is 14.3 Å². The fourth-order valence-electron chi connectivity index (χ4n) is 5.01. The lowest BCUT2D eigenvalue weighted by atomic mass is 9.96. The van der Waals surface area contributed by atoms with Crippen molar-refractivity contribution in [3.05, 3.63) is 46.9 Å². The van der Waals surface area contributed by atoms with E-state index in [0.29, 0.717) is 19.5 Å². The smallest absolute Gasteiger partial charge is 0.236 e. The molecule has 8 heteroatoms. The molecule has 1 aromatic heterocycles. The third-order valence-electron chi connectivity index (χ3n) is 7.05. The van der Waals surface area contributed by atoms with Crippen LogP contribution < -0.4 is 9.64 Å². The molecule has 8 nitrogen and oxygen atoms in total. The number of ether oxygens (including phenoxy) is 1. The zero-order valence-electron chi connectivity index (χ0n) is 19.4. The second-order valence-corrected chi connectivity index (χ2v) is 9.25. The van der Waals surface area contributed by atoms with E-state index in [2.05, 4.69) is 4.90 Å². The largest absolute Gasteiger partial charge is 0.496 e. The summed E-state index contributed by atoms with van der Waals surface area (Å²) < 4.78 is 5.49. The lowest BCUT2D eigenvalue weighted by Gasteiger charge is -2.36. The van der Waals surface area contributed by atoms with Gasteiger partial charge in [-0.3, -0.25) is 19.4 Å². The third kappa shape index (κ3) is 4.31. The van der Waals surface area contributed by atoms with E-state index in [0.717, 1.165) is 79.7 Å². The number of piperidine rings is 1. The van der Waals surface area contributed by atoms with Crippen LogP contribution in [0, 0.1) is 6.92 Å². The summed E-state index contributed by atoms with van der Waals surface area (Å²) in [7, 11) is 1.64. The Hall–Kier alpha value is -3.00. The zero-order chi connectivity index (χ0) is 22.9. The van der Waals surface area contributed by atoms with E-state index in [9.17, 15) is 9.59 Å². The van der Waals surface area contributed by atoms with Gasteiger partial charge in [-0.1, -0.05) is 18.2 Å². The summed E-state index contributed by atoms with van der Waals surface area (Å²) >= 11 is 0. The first-order chi connectivity index (χ1) is 16.0. The van der Waals surface area contributed by atoms with Gasteiger partial charge >= 0.3 is 0 Å². The van der Waals surface area contributed by atoms with Gasteiger partial charge in [0.2, 0.25) is 11.8 Å². The first-order valence-electron chi connectivity index (χ1n) is 11.8. The molecule has 33 heavy (non-hydrogen) atoms. The SMILES string of the molecule is COc1ccccc1CN1C(=O)Cc2c(C)nc([C@@H]3CCCN(CC(=O)N4CCC4)C3)nc21. The predicted molar refractivity (Wildman–Crippen MR) is 124 cm³/mol. The molecule has 0 spiro atoms. The molecule has 2 saturated heterocycles. The number of hydrogen-bond donors (Lipinski definition) is 0. The number of rotatable bonds is 6. The lowest BCUT2D eigenvalue weighted by Crippen LogP contribution is -2.48. The van der Waals surface area contributed by atoms with Crippen LogP contribution in [-0.4, -0.2) is 71.4 Å². The summed E-state index contributed by atoms with van der Waals surface area (Å²) in [4.78, 5) is 41.0. The first kappa shape index (κ1) is 21.8. The molecule has 2 fully saturated rings. The van der Waals surface area contributed by atoms with E-state index in [-0.39, 0.29) is 17.7 Å². The van der Waals surface area contributed by atoms with Gasteiger partial charge in [0.05, 0.1) is 26.6 Å². The van der Waals surface area contributed by atoms with Gasteiger partial charge in [-0.2, -0.15) is 0 Å². The van der Waals surface area contributed by atoms with Crippen LogP contribution in [0.3, 0.4) is 0 Å². The number of para-hydroxylation sites is 1. The molecule has 1 atom stereocenters. The van der Waals surface area contributed by atoms with Crippen LogP contribution >= 0.6 is 0 Å². The van der Waals surface area contributed by atoms with Crippen LogP contribution in [-0.2, 0) is 22.6 Å². The van der Waals surface area contributed by atoms with Gasteiger partial charge in [-0.05, 0) is 38.8 Å². The highest BCUT2D eigenvalue weighted by molar-refractivity contribution is 6.00. The number of aryl methyl sites for hydroxylation is 1. The van der Waals surface area contributed by atoms with Crippen molar-refractivity contribution in [3.8, 4) is 5.75 Å². The van der Waals surface area contributed by atoms with Gasteiger partial charge in [-0.25, -0.2) is 9.97 Å². The summed E-state index contributed by atoms with van der Waals surface area (Å²) in [6, 6.07) is 7.76. The lowest BCUT2D eigenvalue weighted by molar-refractivity contribution is -0.136. The number of carbonyl (C=O) groups excluding carboxylic acids is 2. The number of methoxy groups -OCH3 is 1. The Bertz CT molecular complexity index is 1070. The molecule has 174 valence electrons. The molecule has 0 N–H and O–H groups in total. The van der Waals surface area contributed by atoms with Gasteiger partial charge in [0, 0.05) is 42.4 Å². The number of benzene rings is 1. The Labute approximate surface area is 194 Å². The number of amides is 2. The number of likely N-dealkylation sites (tertiary alicyclic amines) is 2. The fraction of sp³-hybridized carbons (Fsp3) is 0.520. The standard InChI is InChI=1S/C25H31N5O3/c1-17-20-13-22(31)30(15-18-7-3-4-9-21(18)33-2)25(20)27-24(26-17)19-8-5-10-28(14-19)16-23(32)29-11-6-12-29/h3-4,7,9,19H,5-6,8,10-16H2,1-2H3/t19-/m1/s1. The number of carbonyl (C=O) groups is 2. The van der Waals surface area contributed by atoms with Crippen LogP contribution in [0.4, 0.5) is 5.82 Å². The minimum atomic E-state index is 0.0378. The van der Waals surface area contributed by atoms with Crippen molar-refractivity contribution in [2.75, 3.05) is 44.7 Å². The van der Waals surface area contributed by atoms with Crippen LogP contribution in [0.5, 0.6) is 5.75 Å². The van der Waals surface area contributed by atoms with E-state index < -0.39 is 0 Å². The zero-order valence-corrected chi connectivity index (χ0v) is 19.4. The summed E-state index contributed by atoms with van der Waals surface area (Å²) in [5.74, 6) is 2.70. The van der Waals surface area contributed by atoms with E-state index >= 15 is 0 Å². The molecule has 0 unspecified atom stereocenters. The van der Waals surface area contributed by atoms with E-state index in [1.54, 1.807) is 12.0 Å². The molecule has 3 aliphatic heterocycles. The molecule has 4 heterocycles.